The van der Waals surface area contributed by atoms with Gasteiger partial charge >= 0.3 is 5.97 Å². The number of methoxy groups -OCH3 is 1. The van der Waals surface area contributed by atoms with E-state index in [9.17, 15) is 26.7 Å². The summed E-state index contributed by atoms with van der Waals surface area (Å²) in [5.74, 6) is -10.2. The van der Waals surface area contributed by atoms with Crippen LogP contribution in [-0.4, -0.2) is 19.7 Å². The largest absolute Gasteiger partial charge is 0.494 e. The molecule has 0 radical (unpaired) electrons. The summed E-state index contributed by atoms with van der Waals surface area (Å²) in [5, 5.41) is 0. The summed E-state index contributed by atoms with van der Waals surface area (Å²) in [7, 11) is 1.16. The van der Waals surface area contributed by atoms with Gasteiger partial charge in [-0.2, -0.15) is 8.78 Å². The average Bonchev–Trinajstić information content (AvgIpc) is 3.76. The fourth-order valence-corrected chi connectivity index (χ4v) is 4.49. The molecule has 5 rings (SSSR count). The third-order valence-electron chi connectivity index (χ3n) is 6.70. The van der Waals surface area contributed by atoms with Gasteiger partial charge in [-0.05, 0) is 37.0 Å². The summed E-state index contributed by atoms with van der Waals surface area (Å²) < 4.78 is 102. The van der Waals surface area contributed by atoms with Crippen molar-refractivity contribution < 1.29 is 45.3 Å². The van der Waals surface area contributed by atoms with Crippen LogP contribution in [-0.2, 0) is 9.53 Å². The van der Waals surface area contributed by atoms with E-state index >= 15 is 4.39 Å². The van der Waals surface area contributed by atoms with Gasteiger partial charge in [0.2, 0.25) is 11.6 Å². The number of allylic oxidation sites excluding steroid dienone is 2. The Kier molecular flexibility index (Phi) is 6.92. The highest BCUT2D eigenvalue weighted by Crippen LogP contribution is 2.39. The maximum Gasteiger partial charge on any atom is 0.314 e. The molecule has 1 heterocycles. The molecule has 3 aromatic rings. The van der Waals surface area contributed by atoms with E-state index in [1.807, 2.05) is 0 Å². The number of hydrogen-bond acceptors (Lipinski definition) is 4. The Morgan fingerprint density at radius 2 is 1.37 bits per heavy atom. The van der Waals surface area contributed by atoms with Crippen LogP contribution in [0.2, 0.25) is 0 Å². The molecule has 2 atom stereocenters. The lowest BCUT2D eigenvalue weighted by Gasteiger charge is -2.22. The summed E-state index contributed by atoms with van der Waals surface area (Å²) >= 11 is 0. The van der Waals surface area contributed by atoms with Crippen molar-refractivity contribution in [1.82, 2.24) is 0 Å². The second-order valence-corrected chi connectivity index (χ2v) is 8.96. The van der Waals surface area contributed by atoms with Crippen LogP contribution >= 0.6 is 0 Å². The number of epoxide rings is 1. The van der Waals surface area contributed by atoms with E-state index in [4.69, 9.17) is 9.47 Å². The molecule has 1 aliphatic carbocycles. The number of halogens is 6. The molecule has 0 bridgehead atoms. The van der Waals surface area contributed by atoms with Crippen LogP contribution in [0.5, 0.6) is 11.5 Å². The average molecular weight is 534 g/mol. The zero-order chi connectivity index (χ0) is 27.1. The van der Waals surface area contributed by atoms with Gasteiger partial charge in [-0.25, -0.2) is 17.6 Å². The summed E-state index contributed by atoms with van der Waals surface area (Å²) in [6.45, 7) is 0.262. The highest BCUT2D eigenvalue weighted by molar-refractivity contribution is 5.78. The maximum absolute atomic E-state index is 15.0. The van der Waals surface area contributed by atoms with Gasteiger partial charge in [0.15, 0.2) is 34.8 Å². The minimum absolute atomic E-state index is 0.0176. The molecule has 1 saturated heterocycles. The number of carbonyl (C=O) groups is 1. The lowest BCUT2D eigenvalue weighted by Crippen LogP contribution is -2.23. The quantitative estimate of drug-likeness (QED) is 0.147. The summed E-state index contributed by atoms with van der Waals surface area (Å²) in [5.41, 5.74) is -0.504. The zero-order valence-corrected chi connectivity index (χ0v) is 19.9. The van der Waals surface area contributed by atoms with Crippen molar-refractivity contribution in [1.29, 1.82) is 0 Å². The number of hydrogen-bond donors (Lipinski definition) is 0. The molecule has 0 amide bonds. The second kappa shape index (κ2) is 10.2. The monoisotopic (exact) mass is 534 g/mol. The zero-order valence-electron chi connectivity index (χ0n) is 19.9. The van der Waals surface area contributed by atoms with E-state index in [1.54, 1.807) is 0 Å². The molecule has 0 saturated carbocycles. The Morgan fingerprint density at radius 3 is 2.00 bits per heavy atom. The SMILES string of the molecule is COc1ccc(OC(=O)C2CC=C(c3ccc(-c4ccc(C5CO5)c(F)c4F)c(F)c3F)CC2)c(F)c1F. The van der Waals surface area contributed by atoms with Gasteiger partial charge in [-0.15, -0.1) is 0 Å². The normalized spacial score (nSPS) is 18.7. The Hall–Kier alpha value is -3.79. The first kappa shape index (κ1) is 25.8. The standard InChI is InChI=1S/C28H20F6O4/c1-36-19-10-11-20(27(34)26(19)33)38-28(35)14-4-2-13(3-5-14)15-6-7-16(23(30)22(15)29)17-8-9-18(21-12-37-21)25(32)24(17)31/h2,6-11,14,21H,3-5,12H2,1H3. The Balaban J connectivity index is 1.32. The molecule has 38 heavy (non-hydrogen) atoms. The van der Waals surface area contributed by atoms with E-state index in [2.05, 4.69) is 4.74 Å². The van der Waals surface area contributed by atoms with Gasteiger partial charge in [0.1, 0.15) is 6.10 Å². The van der Waals surface area contributed by atoms with Crippen molar-refractivity contribution in [3.8, 4) is 22.6 Å². The fourth-order valence-electron chi connectivity index (χ4n) is 4.49. The Morgan fingerprint density at radius 1 is 0.789 bits per heavy atom. The Bertz CT molecular complexity index is 1460. The van der Waals surface area contributed by atoms with Crippen molar-refractivity contribution in [3.05, 3.63) is 88.5 Å². The van der Waals surface area contributed by atoms with Crippen LogP contribution in [0.25, 0.3) is 16.7 Å². The Labute approximate surface area is 213 Å². The van der Waals surface area contributed by atoms with Gasteiger partial charge in [-0.1, -0.05) is 30.3 Å². The molecule has 4 nitrogen and oxygen atoms in total. The molecule has 0 aromatic heterocycles. The predicted molar refractivity (Wildman–Crippen MR) is 124 cm³/mol. The third-order valence-corrected chi connectivity index (χ3v) is 6.70. The number of ether oxygens (including phenoxy) is 3. The van der Waals surface area contributed by atoms with Crippen LogP contribution in [0.3, 0.4) is 0 Å². The topological polar surface area (TPSA) is 48.1 Å². The molecule has 198 valence electrons. The molecule has 2 unspecified atom stereocenters. The highest BCUT2D eigenvalue weighted by atomic mass is 19.2. The lowest BCUT2D eigenvalue weighted by atomic mass is 9.86. The van der Waals surface area contributed by atoms with Crippen molar-refractivity contribution in [2.24, 2.45) is 5.92 Å². The van der Waals surface area contributed by atoms with Gasteiger partial charge in [0.05, 0.1) is 19.6 Å². The predicted octanol–water partition coefficient (Wildman–Crippen LogP) is 7.06. The molecule has 0 N–H and O–H groups in total. The van der Waals surface area contributed by atoms with Crippen molar-refractivity contribution >= 4 is 11.5 Å². The number of carbonyl (C=O) groups excluding carboxylic acids is 1. The molecule has 0 spiro atoms. The van der Waals surface area contributed by atoms with E-state index in [0.717, 1.165) is 19.2 Å². The van der Waals surface area contributed by atoms with Gasteiger partial charge in [-0.3, -0.25) is 4.79 Å². The highest BCUT2D eigenvalue weighted by Gasteiger charge is 2.31. The van der Waals surface area contributed by atoms with Gasteiger partial charge in [0, 0.05) is 22.3 Å². The van der Waals surface area contributed by atoms with E-state index in [1.165, 1.54) is 30.3 Å². The smallest absolute Gasteiger partial charge is 0.314 e. The molecular weight excluding hydrogens is 514 g/mol. The third kappa shape index (κ3) is 4.64. The number of esters is 1. The molecule has 1 fully saturated rings. The summed E-state index contributed by atoms with van der Waals surface area (Å²) in [6.07, 6.45) is 1.41. The first-order valence-electron chi connectivity index (χ1n) is 11.7. The minimum Gasteiger partial charge on any atom is -0.494 e. The summed E-state index contributed by atoms with van der Waals surface area (Å²) in [6, 6.07) is 7.09. The molecule has 2 aliphatic rings. The molecule has 1 aliphatic heterocycles. The molecule has 3 aromatic carbocycles. The van der Waals surface area contributed by atoms with Crippen molar-refractivity contribution in [3.63, 3.8) is 0 Å². The number of rotatable bonds is 6. The molecule has 10 heteroatoms. The van der Waals surface area contributed by atoms with Crippen LogP contribution in [0, 0.1) is 40.8 Å². The lowest BCUT2D eigenvalue weighted by molar-refractivity contribution is -0.139. The fraction of sp³-hybridized carbons (Fsp3) is 0.250. The second-order valence-electron chi connectivity index (χ2n) is 8.96. The first-order valence-corrected chi connectivity index (χ1v) is 11.7. The maximum atomic E-state index is 15.0. The van der Waals surface area contributed by atoms with Crippen LogP contribution in [0.15, 0.2) is 42.5 Å². The van der Waals surface area contributed by atoms with E-state index in [-0.39, 0.29) is 42.7 Å². The molecular formula is C28H20F6O4. The van der Waals surface area contributed by atoms with E-state index in [0.29, 0.717) is 5.57 Å². The van der Waals surface area contributed by atoms with Crippen molar-refractivity contribution in [2.75, 3.05) is 13.7 Å². The van der Waals surface area contributed by atoms with Crippen LogP contribution in [0.4, 0.5) is 26.3 Å². The van der Waals surface area contributed by atoms with Gasteiger partial charge in [0.25, 0.3) is 0 Å². The van der Waals surface area contributed by atoms with Crippen LogP contribution < -0.4 is 9.47 Å². The van der Waals surface area contributed by atoms with Gasteiger partial charge < -0.3 is 14.2 Å². The number of benzene rings is 3. The van der Waals surface area contributed by atoms with Crippen molar-refractivity contribution in [2.45, 2.75) is 25.4 Å². The van der Waals surface area contributed by atoms with E-state index < -0.39 is 69.8 Å². The minimum atomic E-state index is -1.37. The first-order chi connectivity index (χ1) is 18.2. The summed E-state index contributed by atoms with van der Waals surface area (Å²) in [4.78, 5) is 12.5. The van der Waals surface area contributed by atoms with Crippen LogP contribution in [0.1, 0.15) is 36.5 Å².